The van der Waals surface area contributed by atoms with Gasteiger partial charge in [0.1, 0.15) is 0 Å². The number of methoxy groups -OCH3 is 1. The molecule has 0 spiro atoms. The standard InChI is InChI=1S/C11H13F2NO4S/c1-14(6-5-11(15)18-2)19(16,17)8-3-4-9(12)10(13)7-8/h3-4,7H,5-6H2,1-2H3. The van der Waals surface area contributed by atoms with E-state index in [-0.39, 0.29) is 17.9 Å². The summed E-state index contributed by atoms with van der Waals surface area (Å²) in [6.45, 7) is -0.117. The van der Waals surface area contributed by atoms with E-state index < -0.39 is 27.6 Å². The van der Waals surface area contributed by atoms with Gasteiger partial charge in [0.05, 0.1) is 18.4 Å². The number of benzene rings is 1. The number of hydrogen-bond donors (Lipinski definition) is 0. The van der Waals surface area contributed by atoms with Crippen molar-refractivity contribution in [2.75, 3.05) is 20.7 Å². The molecule has 0 aliphatic rings. The zero-order valence-corrected chi connectivity index (χ0v) is 11.2. The molecule has 0 saturated heterocycles. The number of nitrogens with zero attached hydrogens (tertiary/aromatic N) is 1. The minimum atomic E-state index is -3.96. The molecule has 19 heavy (non-hydrogen) atoms. The van der Waals surface area contributed by atoms with E-state index in [1.54, 1.807) is 0 Å². The maximum atomic E-state index is 13.0. The van der Waals surface area contributed by atoms with Crippen LogP contribution in [-0.2, 0) is 19.6 Å². The van der Waals surface area contributed by atoms with Crippen LogP contribution < -0.4 is 0 Å². The highest BCUT2D eigenvalue weighted by Gasteiger charge is 2.22. The Hall–Kier alpha value is -1.54. The lowest BCUT2D eigenvalue weighted by atomic mass is 10.3. The van der Waals surface area contributed by atoms with Crippen LogP contribution in [0.1, 0.15) is 6.42 Å². The quantitative estimate of drug-likeness (QED) is 0.764. The first-order valence-electron chi connectivity index (χ1n) is 5.27. The zero-order valence-electron chi connectivity index (χ0n) is 10.4. The Morgan fingerprint density at radius 1 is 1.32 bits per heavy atom. The minimum Gasteiger partial charge on any atom is -0.469 e. The summed E-state index contributed by atoms with van der Waals surface area (Å²) in [7, 11) is -1.54. The Morgan fingerprint density at radius 3 is 2.47 bits per heavy atom. The van der Waals surface area contributed by atoms with Crippen LogP contribution in [0.2, 0.25) is 0 Å². The molecule has 0 unspecified atom stereocenters. The highest BCUT2D eigenvalue weighted by molar-refractivity contribution is 7.89. The first-order valence-corrected chi connectivity index (χ1v) is 6.71. The summed E-state index contributed by atoms with van der Waals surface area (Å²) in [4.78, 5) is 10.5. The van der Waals surface area contributed by atoms with Crippen molar-refractivity contribution in [1.29, 1.82) is 0 Å². The first kappa shape index (κ1) is 15.5. The van der Waals surface area contributed by atoms with Gasteiger partial charge in [0.15, 0.2) is 11.6 Å². The fraction of sp³-hybridized carbons (Fsp3) is 0.364. The molecule has 1 aromatic carbocycles. The average Bonchev–Trinajstić information content (AvgIpc) is 2.38. The highest BCUT2D eigenvalue weighted by Crippen LogP contribution is 2.17. The van der Waals surface area contributed by atoms with Gasteiger partial charge in [-0.05, 0) is 18.2 Å². The van der Waals surface area contributed by atoms with Gasteiger partial charge in [-0.2, -0.15) is 0 Å². The molecule has 0 bridgehead atoms. The maximum absolute atomic E-state index is 13.0. The Bertz CT molecular complexity index is 574. The Kier molecular flexibility index (Phi) is 4.96. The second-order valence-corrected chi connectivity index (χ2v) is 5.77. The molecule has 0 amide bonds. The van der Waals surface area contributed by atoms with Crippen molar-refractivity contribution in [2.24, 2.45) is 0 Å². The van der Waals surface area contributed by atoms with Crippen molar-refractivity contribution in [3.05, 3.63) is 29.8 Å². The van der Waals surface area contributed by atoms with Crippen molar-refractivity contribution in [2.45, 2.75) is 11.3 Å². The van der Waals surface area contributed by atoms with E-state index in [1.807, 2.05) is 0 Å². The fourth-order valence-electron chi connectivity index (χ4n) is 1.29. The number of sulfonamides is 1. The number of carbonyl (C=O) groups excluding carboxylic acids is 1. The van der Waals surface area contributed by atoms with E-state index in [4.69, 9.17) is 0 Å². The second kappa shape index (κ2) is 6.07. The van der Waals surface area contributed by atoms with E-state index in [1.165, 1.54) is 14.2 Å². The lowest BCUT2D eigenvalue weighted by molar-refractivity contribution is -0.140. The largest absolute Gasteiger partial charge is 0.469 e. The molecule has 5 nitrogen and oxygen atoms in total. The monoisotopic (exact) mass is 293 g/mol. The number of esters is 1. The first-order chi connectivity index (χ1) is 8.78. The van der Waals surface area contributed by atoms with E-state index in [9.17, 15) is 22.0 Å². The van der Waals surface area contributed by atoms with Gasteiger partial charge in [0, 0.05) is 13.6 Å². The van der Waals surface area contributed by atoms with E-state index >= 15 is 0 Å². The van der Waals surface area contributed by atoms with Crippen molar-refractivity contribution in [3.8, 4) is 0 Å². The SMILES string of the molecule is COC(=O)CCN(C)S(=O)(=O)c1ccc(F)c(F)c1. The van der Waals surface area contributed by atoms with Gasteiger partial charge in [-0.3, -0.25) is 4.79 Å². The van der Waals surface area contributed by atoms with Crippen LogP contribution in [0.25, 0.3) is 0 Å². The van der Waals surface area contributed by atoms with Crippen molar-refractivity contribution >= 4 is 16.0 Å². The zero-order chi connectivity index (χ0) is 14.6. The van der Waals surface area contributed by atoms with E-state index in [0.29, 0.717) is 6.07 Å². The van der Waals surface area contributed by atoms with Crippen LogP contribution in [-0.4, -0.2) is 39.4 Å². The Labute approximate surface area is 109 Å². The molecule has 0 radical (unpaired) electrons. The van der Waals surface area contributed by atoms with Crippen molar-refractivity contribution < 1.29 is 26.7 Å². The Morgan fingerprint density at radius 2 is 1.95 bits per heavy atom. The number of carbonyl (C=O) groups is 1. The highest BCUT2D eigenvalue weighted by atomic mass is 32.2. The third kappa shape index (κ3) is 3.71. The topological polar surface area (TPSA) is 63.7 Å². The van der Waals surface area contributed by atoms with E-state index in [2.05, 4.69) is 4.74 Å². The van der Waals surface area contributed by atoms with Crippen LogP contribution in [0, 0.1) is 11.6 Å². The predicted octanol–water partition coefficient (Wildman–Crippen LogP) is 1.15. The van der Waals surface area contributed by atoms with Crippen LogP contribution in [0.4, 0.5) is 8.78 Å². The number of rotatable bonds is 5. The van der Waals surface area contributed by atoms with Crippen LogP contribution in [0.5, 0.6) is 0 Å². The van der Waals surface area contributed by atoms with Gasteiger partial charge in [-0.25, -0.2) is 21.5 Å². The summed E-state index contributed by atoms with van der Waals surface area (Å²) < 4.78 is 55.0. The second-order valence-electron chi connectivity index (χ2n) is 3.73. The summed E-state index contributed by atoms with van der Waals surface area (Å²) in [6, 6.07) is 2.29. The molecule has 0 heterocycles. The van der Waals surface area contributed by atoms with Crippen LogP contribution >= 0.6 is 0 Å². The molecule has 0 aliphatic carbocycles. The lowest BCUT2D eigenvalue weighted by Gasteiger charge is -2.16. The molecule has 106 valence electrons. The predicted molar refractivity (Wildman–Crippen MR) is 62.8 cm³/mol. The maximum Gasteiger partial charge on any atom is 0.306 e. The third-order valence-corrected chi connectivity index (χ3v) is 4.31. The van der Waals surface area contributed by atoms with Crippen molar-refractivity contribution in [1.82, 2.24) is 4.31 Å². The van der Waals surface area contributed by atoms with Gasteiger partial charge >= 0.3 is 5.97 Å². The summed E-state index contributed by atoms with van der Waals surface area (Å²) in [5.74, 6) is -2.94. The summed E-state index contributed by atoms with van der Waals surface area (Å²) >= 11 is 0. The summed E-state index contributed by atoms with van der Waals surface area (Å²) in [5, 5.41) is 0. The van der Waals surface area contributed by atoms with Gasteiger partial charge in [-0.15, -0.1) is 0 Å². The van der Waals surface area contributed by atoms with E-state index in [0.717, 1.165) is 16.4 Å². The fourth-order valence-corrected chi connectivity index (χ4v) is 2.47. The third-order valence-electron chi connectivity index (χ3n) is 2.46. The van der Waals surface area contributed by atoms with Gasteiger partial charge < -0.3 is 4.74 Å². The Balaban J connectivity index is 2.90. The molecular weight excluding hydrogens is 280 g/mol. The van der Waals surface area contributed by atoms with Crippen LogP contribution in [0.3, 0.4) is 0 Å². The summed E-state index contributed by atoms with van der Waals surface area (Å²) in [6.07, 6.45) is -0.129. The molecule has 0 aromatic heterocycles. The minimum absolute atomic E-state index is 0.117. The molecule has 0 aliphatic heterocycles. The normalized spacial score (nSPS) is 11.6. The van der Waals surface area contributed by atoms with Gasteiger partial charge in [-0.1, -0.05) is 0 Å². The molecule has 0 N–H and O–H groups in total. The number of hydrogen-bond acceptors (Lipinski definition) is 4. The smallest absolute Gasteiger partial charge is 0.306 e. The van der Waals surface area contributed by atoms with Crippen LogP contribution in [0.15, 0.2) is 23.1 Å². The number of halogens is 2. The summed E-state index contributed by atoms with van der Waals surface area (Å²) in [5.41, 5.74) is 0. The molecule has 0 atom stereocenters. The molecule has 1 aromatic rings. The van der Waals surface area contributed by atoms with Gasteiger partial charge in [0.2, 0.25) is 10.0 Å². The lowest BCUT2D eigenvalue weighted by Crippen LogP contribution is -2.29. The number of ether oxygens (including phenoxy) is 1. The molecule has 8 heteroatoms. The average molecular weight is 293 g/mol. The molecule has 1 rings (SSSR count). The van der Waals surface area contributed by atoms with Crippen molar-refractivity contribution in [3.63, 3.8) is 0 Å². The molecule has 0 fully saturated rings. The van der Waals surface area contributed by atoms with Gasteiger partial charge in [0.25, 0.3) is 0 Å². The molecular formula is C11H13F2NO4S. The molecule has 0 saturated carbocycles.